The van der Waals surface area contributed by atoms with Crippen LogP contribution in [-0.2, 0) is 18.3 Å². The second kappa shape index (κ2) is 11.8. The van der Waals surface area contributed by atoms with Gasteiger partial charge in [-0.3, -0.25) is 10.0 Å². The number of aromatic nitrogens is 1. The van der Waals surface area contributed by atoms with E-state index in [2.05, 4.69) is 58.0 Å². The molecule has 178 valence electrons. The van der Waals surface area contributed by atoms with Crippen LogP contribution in [0.5, 0.6) is 0 Å². The molecule has 0 radical (unpaired) electrons. The first-order valence-corrected chi connectivity index (χ1v) is 11.8. The van der Waals surface area contributed by atoms with Crippen molar-refractivity contribution in [3.8, 4) is 0 Å². The van der Waals surface area contributed by atoms with E-state index >= 15 is 0 Å². The Balaban J connectivity index is 1.45. The number of likely N-dealkylation sites (tertiary alicyclic amines) is 1. The van der Waals surface area contributed by atoms with Gasteiger partial charge in [-0.2, -0.15) is 0 Å². The number of fused-ring (bicyclic) bond motifs is 1. The summed E-state index contributed by atoms with van der Waals surface area (Å²) in [6, 6.07) is 8.64. The van der Waals surface area contributed by atoms with E-state index in [1.165, 1.54) is 28.4 Å². The third-order valence-electron chi connectivity index (χ3n) is 6.72. The average Bonchev–Trinajstić information content (AvgIpc) is 3.09. The van der Waals surface area contributed by atoms with Gasteiger partial charge in [0.05, 0.1) is 5.57 Å². The molecule has 1 fully saturated rings. The number of para-hydroxylation sites is 1. The zero-order valence-electron chi connectivity index (χ0n) is 20.3. The van der Waals surface area contributed by atoms with Gasteiger partial charge in [0, 0.05) is 42.9 Å². The number of nitrogens with zero attached hydrogens (tertiary/aromatic N) is 3. The quantitative estimate of drug-likeness (QED) is 0.178. The highest BCUT2D eigenvalue weighted by Crippen LogP contribution is 2.25. The van der Waals surface area contributed by atoms with Crippen LogP contribution in [0.15, 0.2) is 52.8 Å². The Morgan fingerprint density at radius 1 is 1.21 bits per heavy atom. The standard InChI is InChI=1S/C26H37N5O2/c1-5-21(26(32)29-33)18-28-25(6-2)31-15-12-20(13-16-31)17-27-14-11-22-19(3)30(4)24-10-8-7-9-23(22)24/h5-10,18,20,27,33H,11-17H2,1-4H3,(H,29,32)/b21-5+,25-6?,28-18-. The molecule has 0 unspecified atom stereocenters. The third-order valence-corrected chi connectivity index (χ3v) is 6.72. The number of allylic oxidation sites excluding steroid dienone is 2. The maximum atomic E-state index is 11.6. The fourth-order valence-electron chi connectivity index (χ4n) is 4.60. The molecule has 1 aromatic carbocycles. The summed E-state index contributed by atoms with van der Waals surface area (Å²) in [4.78, 5) is 18.3. The van der Waals surface area contributed by atoms with Crippen LogP contribution in [0.2, 0.25) is 0 Å². The lowest BCUT2D eigenvalue weighted by molar-refractivity contribution is -0.124. The van der Waals surface area contributed by atoms with Gasteiger partial charge in [-0.25, -0.2) is 10.5 Å². The van der Waals surface area contributed by atoms with Crippen LogP contribution < -0.4 is 10.8 Å². The molecule has 1 aromatic heterocycles. The van der Waals surface area contributed by atoms with Crippen LogP contribution in [-0.4, -0.2) is 53.0 Å². The van der Waals surface area contributed by atoms with Crippen LogP contribution in [0.25, 0.3) is 10.9 Å². The summed E-state index contributed by atoms with van der Waals surface area (Å²) < 4.78 is 2.29. The van der Waals surface area contributed by atoms with Crippen molar-refractivity contribution in [2.24, 2.45) is 18.0 Å². The predicted octanol–water partition coefficient (Wildman–Crippen LogP) is 3.71. The zero-order valence-corrected chi connectivity index (χ0v) is 20.3. The summed E-state index contributed by atoms with van der Waals surface area (Å²) in [6.45, 7) is 9.82. The number of hydroxylamine groups is 1. The second-order valence-electron chi connectivity index (χ2n) is 8.61. The van der Waals surface area contributed by atoms with Crippen molar-refractivity contribution in [1.29, 1.82) is 0 Å². The monoisotopic (exact) mass is 451 g/mol. The normalized spacial score (nSPS) is 16.2. The minimum absolute atomic E-state index is 0.331. The minimum atomic E-state index is -0.555. The van der Waals surface area contributed by atoms with E-state index < -0.39 is 5.91 Å². The largest absolute Gasteiger partial charge is 0.357 e. The van der Waals surface area contributed by atoms with Crippen molar-refractivity contribution in [2.45, 2.75) is 40.0 Å². The molecule has 1 aliphatic rings. The SMILES string of the molecule is CC=C(/N=C\C(=C/C)C(=O)NO)N1CCC(CNCCc2c(C)n(C)c3ccccc23)CC1. The Morgan fingerprint density at radius 3 is 2.61 bits per heavy atom. The molecule has 0 atom stereocenters. The zero-order chi connectivity index (χ0) is 23.8. The number of nitrogens with one attached hydrogen (secondary N) is 2. The molecule has 3 rings (SSSR count). The molecule has 7 nitrogen and oxygen atoms in total. The van der Waals surface area contributed by atoms with Crippen molar-refractivity contribution in [2.75, 3.05) is 26.2 Å². The first kappa shape index (κ1) is 24.7. The number of hydrogen-bond donors (Lipinski definition) is 3. The number of carbonyl (C=O) groups excluding carboxylic acids is 1. The minimum Gasteiger partial charge on any atom is -0.357 e. The molecular weight excluding hydrogens is 414 g/mol. The lowest BCUT2D eigenvalue weighted by Gasteiger charge is -2.33. The Morgan fingerprint density at radius 2 is 1.94 bits per heavy atom. The van der Waals surface area contributed by atoms with Crippen LogP contribution in [0, 0.1) is 12.8 Å². The van der Waals surface area contributed by atoms with E-state index in [-0.39, 0.29) is 0 Å². The van der Waals surface area contributed by atoms with Gasteiger partial charge >= 0.3 is 0 Å². The molecule has 1 aliphatic heterocycles. The molecule has 7 heteroatoms. The number of carbonyl (C=O) groups is 1. The molecule has 2 heterocycles. The highest BCUT2D eigenvalue weighted by molar-refractivity contribution is 6.11. The molecular formula is C26H37N5O2. The number of rotatable bonds is 9. The smallest absolute Gasteiger partial charge is 0.275 e. The molecule has 0 bridgehead atoms. The number of aliphatic imine (C=N–C) groups is 1. The molecule has 1 saturated heterocycles. The Bertz CT molecular complexity index is 1040. The van der Waals surface area contributed by atoms with Gasteiger partial charge in [0.2, 0.25) is 0 Å². The fourth-order valence-corrected chi connectivity index (χ4v) is 4.60. The number of piperidine rings is 1. The van der Waals surface area contributed by atoms with Crippen molar-refractivity contribution < 1.29 is 10.0 Å². The van der Waals surface area contributed by atoms with Gasteiger partial charge < -0.3 is 14.8 Å². The Hall–Kier alpha value is -2.90. The van der Waals surface area contributed by atoms with Gasteiger partial charge in [0.25, 0.3) is 5.91 Å². The van der Waals surface area contributed by atoms with Gasteiger partial charge in [0.1, 0.15) is 5.82 Å². The molecule has 0 aliphatic carbocycles. The summed E-state index contributed by atoms with van der Waals surface area (Å²) in [5.41, 5.74) is 6.08. The van der Waals surface area contributed by atoms with Gasteiger partial charge in [-0.1, -0.05) is 24.3 Å². The molecule has 3 N–H and O–H groups in total. The number of benzene rings is 1. The first-order chi connectivity index (χ1) is 16.0. The van der Waals surface area contributed by atoms with E-state index in [1.807, 2.05) is 13.0 Å². The molecule has 1 amide bonds. The van der Waals surface area contributed by atoms with Crippen LogP contribution in [0.1, 0.15) is 37.9 Å². The van der Waals surface area contributed by atoms with Crippen LogP contribution >= 0.6 is 0 Å². The number of aryl methyl sites for hydroxylation is 1. The summed E-state index contributed by atoms with van der Waals surface area (Å²) in [5, 5.41) is 13.9. The van der Waals surface area contributed by atoms with Gasteiger partial charge in [-0.15, -0.1) is 0 Å². The van der Waals surface area contributed by atoms with Gasteiger partial charge in [0.15, 0.2) is 0 Å². The fraction of sp³-hybridized carbons (Fsp3) is 0.462. The topological polar surface area (TPSA) is 81.9 Å². The summed E-state index contributed by atoms with van der Waals surface area (Å²) in [7, 11) is 2.15. The highest BCUT2D eigenvalue weighted by Gasteiger charge is 2.20. The Labute approximate surface area is 196 Å². The molecule has 2 aromatic rings. The maximum Gasteiger partial charge on any atom is 0.275 e. The van der Waals surface area contributed by atoms with Gasteiger partial charge in [-0.05, 0) is 76.7 Å². The van der Waals surface area contributed by atoms with E-state index in [9.17, 15) is 4.79 Å². The Kier molecular flexibility index (Phi) is 8.86. The van der Waals surface area contributed by atoms with Crippen molar-refractivity contribution >= 4 is 23.0 Å². The molecule has 0 spiro atoms. The summed E-state index contributed by atoms with van der Waals surface area (Å²) >= 11 is 0. The van der Waals surface area contributed by atoms with Crippen LogP contribution in [0.3, 0.4) is 0 Å². The first-order valence-electron chi connectivity index (χ1n) is 11.8. The number of hydrogen-bond acceptors (Lipinski definition) is 5. The van der Waals surface area contributed by atoms with E-state index in [1.54, 1.807) is 18.5 Å². The summed E-state index contributed by atoms with van der Waals surface area (Å²) in [5.74, 6) is 0.960. The van der Waals surface area contributed by atoms with Crippen LogP contribution in [0.4, 0.5) is 0 Å². The average molecular weight is 452 g/mol. The maximum absolute atomic E-state index is 11.6. The molecule has 0 saturated carbocycles. The van der Waals surface area contributed by atoms with E-state index in [4.69, 9.17) is 5.21 Å². The number of amides is 1. The lowest BCUT2D eigenvalue weighted by Crippen LogP contribution is -2.37. The van der Waals surface area contributed by atoms with E-state index in [0.717, 1.165) is 51.3 Å². The lowest BCUT2D eigenvalue weighted by atomic mass is 9.96. The highest BCUT2D eigenvalue weighted by atomic mass is 16.5. The van der Waals surface area contributed by atoms with Crippen molar-refractivity contribution in [1.82, 2.24) is 20.3 Å². The second-order valence-corrected chi connectivity index (χ2v) is 8.61. The summed E-state index contributed by atoms with van der Waals surface area (Å²) in [6.07, 6.45) is 8.36. The predicted molar refractivity (Wildman–Crippen MR) is 134 cm³/mol. The van der Waals surface area contributed by atoms with E-state index in [0.29, 0.717) is 11.5 Å². The molecule has 33 heavy (non-hydrogen) atoms. The van der Waals surface area contributed by atoms with Crippen molar-refractivity contribution in [3.63, 3.8) is 0 Å². The third kappa shape index (κ3) is 5.92. The van der Waals surface area contributed by atoms with Crippen molar-refractivity contribution in [3.05, 3.63) is 59.1 Å².